The maximum absolute atomic E-state index is 13.7. The number of carbonyl (C=O) groups is 1. The summed E-state index contributed by atoms with van der Waals surface area (Å²) in [5.41, 5.74) is 7.17. The Morgan fingerprint density at radius 2 is 1.58 bits per heavy atom. The number of likely N-dealkylation sites (tertiary alicyclic amines) is 2. The van der Waals surface area contributed by atoms with Crippen molar-refractivity contribution in [1.82, 2.24) is 44.6 Å². The van der Waals surface area contributed by atoms with E-state index in [9.17, 15) is 20.1 Å². The van der Waals surface area contributed by atoms with Crippen molar-refractivity contribution in [2.75, 3.05) is 39.3 Å². The van der Waals surface area contributed by atoms with Gasteiger partial charge in [-0.3, -0.25) is 19.3 Å². The molecule has 0 radical (unpaired) electrons. The van der Waals surface area contributed by atoms with Crippen LogP contribution >= 0.6 is 22.9 Å². The number of phenols is 2. The average Bonchev–Trinajstić information content (AvgIpc) is 3.94. The topological polar surface area (TPSA) is 170 Å². The van der Waals surface area contributed by atoms with E-state index in [1.807, 2.05) is 57.2 Å². The fourth-order valence-electron chi connectivity index (χ4n) is 9.62. The van der Waals surface area contributed by atoms with Gasteiger partial charge in [-0.25, -0.2) is 4.57 Å². The number of halogens is 1. The van der Waals surface area contributed by atoms with Gasteiger partial charge in [-0.15, -0.1) is 26.6 Å². The molecule has 3 aliphatic rings. The highest BCUT2D eigenvalue weighted by Crippen LogP contribution is 2.41. The lowest BCUT2D eigenvalue weighted by Gasteiger charge is -2.37. The Bertz CT molecular complexity index is 2710. The van der Waals surface area contributed by atoms with E-state index in [1.54, 1.807) is 17.4 Å². The van der Waals surface area contributed by atoms with Crippen molar-refractivity contribution >= 4 is 34.6 Å². The quantitative estimate of drug-likeness (QED) is 0.0875. The van der Waals surface area contributed by atoms with Crippen LogP contribution in [-0.2, 0) is 11.3 Å². The van der Waals surface area contributed by atoms with Gasteiger partial charge in [-0.1, -0.05) is 54.8 Å². The molecule has 0 spiro atoms. The molecule has 0 aliphatic carbocycles. The lowest BCUT2D eigenvalue weighted by atomic mass is 9.92. The fraction of sp³-hybridized carbons (Fsp3) is 0.429. The van der Waals surface area contributed by atoms with Gasteiger partial charge < -0.3 is 25.5 Å². The van der Waals surface area contributed by atoms with E-state index < -0.39 is 0 Å². The van der Waals surface area contributed by atoms with Gasteiger partial charge in [0.05, 0.1) is 17.0 Å². The Hall–Kier alpha value is -5.61. The molecule has 0 bridgehead atoms. The van der Waals surface area contributed by atoms with Gasteiger partial charge in [0.1, 0.15) is 28.4 Å². The number of hydrogen-bond acceptors (Lipinski definition) is 12. The third kappa shape index (κ3) is 9.03. The summed E-state index contributed by atoms with van der Waals surface area (Å²) in [6, 6.07) is 18.3. The normalized spacial score (nSPS) is 17.3. The molecule has 3 aromatic carbocycles. The lowest BCUT2D eigenvalue weighted by Crippen LogP contribution is -2.46. The van der Waals surface area contributed by atoms with E-state index >= 15 is 0 Å². The summed E-state index contributed by atoms with van der Waals surface area (Å²) in [6.07, 6.45) is 4.45. The lowest BCUT2D eigenvalue weighted by molar-refractivity contribution is -0.138. The summed E-state index contributed by atoms with van der Waals surface area (Å²) in [5, 5.41) is 54.5. The van der Waals surface area contributed by atoms with Crippen LogP contribution in [0, 0.1) is 32.6 Å². The highest BCUT2D eigenvalue weighted by atomic mass is 35.5. The molecule has 6 aromatic rings. The standard InChI is InChI=1S/C49H57ClN10O4S/c1-28(2)38-24-39(42(62)25-41(38)61)45-54-56-49(64)60(45)37-12-6-33(7-13-37)27-57-20-17-35(18-21-57)47(63)58-22-15-32(16-23-58)26-51-19-14-40-46-55-53-31(5)59(46)48-43(29(3)30(4)65-48)44(52-40)34-8-10-36(50)11-9-34/h6-13,24-25,28,32,35,40,51,61-62H,14-23,26-27H2,1-5H3,(H,56,64)/t40-/m0/s1. The minimum Gasteiger partial charge on any atom is -0.508 e. The Morgan fingerprint density at radius 1 is 0.862 bits per heavy atom. The Kier molecular flexibility index (Phi) is 12.8. The molecule has 2 saturated heterocycles. The number of benzene rings is 3. The second-order valence-corrected chi connectivity index (χ2v) is 19.8. The minimum atomic E-state index is -0.300. The van der Waals surface area contributed by atoms with Crippen molar-refractivity contribution in [2.45, 2.75) is 85.2 Å². The van der Waals surface area contributed by atoms with Crippen molar-refractivity contribution in [2.24, 2.45) is 16.8 Å². The highest BCUT2D eigenvalue weighted by Gasteiger charge is 2.33. The number of thiophene rings is 1. The zero-order chi connectivity index (χ0) is 45.5. The number of piperidine rings is 2. The first kappa shape index (κ1) is 44.6. The van der Waals surface area contributed by atoms with E-state index in [4.69, 9.17) is 16.6 Å². The number of aromatic nitrogens is 6. The molecule has 9 rings (SSSR count). The number of phenolic OH excluding ortho intramolecular Hbond substituents is 2. The molecule has 0 unspecified atom stereocenters. The summed E-state index contributed by atoms with van der Waals surface area (Å²) < 4.78 is 3.69. The highest BCUT2D eigenvalue weighted by molar-refractivity contribution is 7.15. The van der Waals surface area contributed by atoms with Crippen LogP contribution in [0.15, 0.2) is 65.7 Å². The summed E-state index contributed by atoms with van der Waals surface area (Å²) in [4.78, 5) is 24.9. The molecule has 1 atom stereocenters. The second kappa shape index (κ2) is 18.7. The molecule has 6 heterocycles. The van der Waals surface area contributed by atoms with Gasteiger partial charge in [0.2, 0.25) is 5.91 Å². The number of nitrogens with one attached hydrogen (secondary N) is 1. The van der Waals surface area contributed by atoms with E-state index in [0.717, 1.165) is 117 Å². The third-order valence-electron chi connectivity index (χ3n) is 13.5. The maximum Gasteiger partial charge on any atom is 0.319 e. The van der Waals surface area contributed by atoms with Crippen LogP contribution < -0.4 is 5.32 Å². The smallest absolute Gasteiger partial charge is 0.319 e. The predicted octanol–water partition coefficient (Wildman–Crippen LogP) is 8.42. The number of aryl methyl sites for hydroxylation is 2. The zero-order valence-electron chi connectivity index (χ0n) is 37.6. The van der Waals surface area contributed by atoms with E-state index in [0.29, 0.717) is 33.7 Å². The molecular weight excluding hydrogens is 860 g/mol. The Balaban J connectivity index is 0.747. The van der Waals surface area contributed by atoms with Crippen LogP contribution in [0.25, 0.3) is 22.1 Å². The Morgan fingerprint density at radius 3 is 2.29 bits per heavy atom. The van der Waals surface area contributed by atoms with Crippen LogP contribution in [0.2, 0.25) is 5.02 Å². The number of aliphatic imine (C=N–C) groups is 1. The van der Waals surface area contributed by atoms with Gasteiger partial charge in [0.25, 0.3) is 0 Å². The Labute approximate surface area is 388 Å². The number of rotatable bonds is 12. The maximum atomic E-state index is 13.7. The molecule has 0 saturated carbocycles. The van der Waals surface area contributed by atoms with Crippen LogP contribution in [0.5, 0.6) is 17.5 Å². The molecule has 16 heteroatoms. The van der Waals surface area contributed by atoms with Crippen molar-refractivity contribution in [1.29, 1.82) is 0 Å². The molecule has 2 fully saturated rings. The largest absolute Gasteiger partial charge is 0.508 e. The van der Waals surface area contributed by atoms with Crippen LogP contribution in [-0.4, -0.2) is 106 Å². The van der Waals surface area contributed by atoms with Crippen LogP contribution in [0.1, 0.15) is 102 Å². The van der Waals surface area contributed by atoms with Gasteiger partial charge in [0.15, 0.2) is 11.6 Å². The number of fused-ring (bicyclic) bond motifs is 3. The van der Waals surface area contributed by atoms with Crippen molar-refractivity contribution in [3.8, 4) is 39.6 Å². The number of carbonyl (C=O) groups excluding carboxylic acids is 1. The van der Waals surface area contributed by atoms with Crippen molar-refractivity contribution in [3.05, 3.63) is 110 Å². The number of amides is 1. The number of nitrogens with zero attached hydrogens (tertiary/aromatic N) is 9. The van der Waals surface area contributed by atoms with Crippen molar-refractivity contribution < 1.29 is 20.1 Å². The summed E-state index contributed by atoms with van der Waals surface area (Å²) in [6.45, 7) is 16.0. The molecule has 14 nitrogen and oxygen atoms in total. The van der Waals surface area contributed by atoms with Gasteiger partial charge in [0, 0.05) is 52.6 Å². The van der Waals surface area contributed by atoms with E-state index in [2.05, 4.69) is 66.1 Å². The SMILES string of the molecule is Cc1sc2c(c1C)C(c1ccc(Cl)cc1)=N[C@@H](CCNCC1CCN(C(=O)C3CCN(Cc4ccc(-n5c(O)nnc5-c5cc(C(C)C)c(O)cc5O)cc4)CC3)CC1)c1nnc(C)n1-2. The first-order valence-corrected chi connectivity index (χ1v) is 23.9. The summed E-state index contributed by atoms with van der Waals surface area (Å²) >= 11 is 8.06. The van der Waals surface area contributed by atoms with E-state index in [-0.39, 0.29) is 41.2 Å². The molecule has 3 aliphatic heterocycles. The molecular formula is C49H57ClN10O4S. The monoisotopic (exact) mass is 916 g/mol. The third-order valence-corrected chi connectivity index (χ3v) is 14.9. The van der Waals surface area contributed by atoms with Gasteiger partial charge in [-0.2, -0.15) is 0 Å². The summed E-state index contributed by atoms with van der Waals surface area (Å²) in [7, 11) is 0. The molecule has 65 heavy (non-hydrogen) atoms. The first-order chi connectivity index (χ1) is 31.3. The molecule has 3 aromatic heterocycles. The second-order valence-electron chi connectivity index (χ2n) is 18.1. The summed E-state index contributed by atoms with van der Waals surface area (Å²) in [5.74, 6) is 2.73. The minimum absolute atomic E-state index is 0.00363. The number of aromatic hydroxyl groups is 3. The van der Waals surface area contributed by atoms with Gasteiger partial charge in [-0.05, 0) is 138 Å². The molecule has 340 valence electrons. The molecule has 4 N–H and O–H groups in total. The van der Waals surface area contributed by atoms with Crippen LogP contribution in [0.4, 0.5) is 0 Å². The average molecular weight is 918 g/mol. The first-order valence-electron chi connectivity index (χ1n) is 22.7. The van der Waals surface area contributed by atoms with E-state index in [1.165, 1.54) is 21.1 Å². The van der Waals surface area contributed by atoms with Gasteiger partial charge >= 0.3 is 6.01 Å². The molecule has 1 amide bonds. The fourth-order valence-corrected chi connectivity index (χ4v) is 11.0. The predicted molar refractivity (Wildman–Crippen MR) is 254 cm³/mol. The zero-order valence-corrected chi connectivity index (χ0v) is 39.2. The number of hydrogen-bond donors (Lipinski definition) is 4. The van der Waals surface area contributed by atoms with Crippen molar-refractivity contribution in [3.63, 3.8) is 0 Å². The van der Waals surface area contributed by atoms with Crippen LogP contribution in [0.3, 0.4) is 0 Å².